The van der Waals surface area contributed by atoms with Gasteiger partial charge in [-0.05, 0) is 42.4 Å². The molecule has 1 fully saturated rings. The topological polar surface area (TPSA) is 72.5 Å². The number of benzene rings is 1. The van der Waals surface area contributed by atoms with Gasteiger partial charge in [-0.25, -0.2) is 13.1 Å². The number of carbonyl (C=O) groups is 1. The number of esters is 1. The Balaban J connectivity index is 2.01. The lowest BCUT2D eigenvalue weighted by atomic mass is 10.1. The van der Waals surface area contributed by atoms with Crippen molar-refractivity contribution in [3.8, 4) is 0 Å². The molecule has 5 nitrogen and oxygen atoms in total. The summed E-state index contributed by atoms with van der Waals surface area (Å²) in [5, 5.41) is 0. The third kappa shape index (κ3) is 4.04. The Bertz CT molecular complexity index is 603. The molecule has 0 atom stereocenters. The average molecular weight is 311 g/mol. The number of ether oxygens (including phenoxy) is 1. The molecule has 0 aromatic heterocycles. The summed E-state index contributed by atoms with van der Waals surface area (Å²) in [4.78, 5) is 11.4. The lowest BCUT2D eigenvalue weighted by Crippen LogP contribution is -2.30. The molecule has 1 aromatic carbocycles. The standard InChI is InChI=1S/C15H21NO4S/c1-3-15(8-9-15)11-16-21(18,19)13-6-4-12(5-7-13)10-14(17)20-2/h4-7,16H,3,8-11H2,1-2H3. The van der Waals surface area contributed by atoms with Crippen LogP contribution in [0.4, 0.5) is 0 Å². The smallest absolute Gasteiger partial charge is 0.309 e. The van der Waals surface area contributed by atoms with E-state index in [1.807, 2.05) is 0 Å². The first-order valence-electron chi connectivity index (χ1n) is 7.06. The quantitative estimate of drug-likeness (QED) is 0.780. The lowest BCUT2D eigenvalue weighted by molar-refractivity contribution is -0.139. The fraction of sp³-hybridized carbons (Fsp3) is 0.533. The molecule has 116 valence electrons. The van der Waals surface area contributed by atoms with Gasteiger partial charge in [0.25, 0.3) is 0 Å². The summed E-state index contributed by atoms with van der Waals surface area (Å²) in [5.74, 6) is -0.345. The van der Waals surface area contributed by atoms with Crippen molar-refractivity contribution in [1.82, 2.24) is 4.72 Å². The molecular weight excluding hydrogens is 290 g/mol. The minimum atomic E-state index is -3.48. The lowest BCUT2D eigenvalue weighted by Gasteiger charge is -2.14. The molecule has 1 aromatic rings. The Morgan fingerprint density at radius 3 is 2.38 bits per heavy atom. The predicted molar refractivity (Wildman–Crippen MR) is 79.3 cm³/mol. The largest absolute Gasteiger partial charge is 0.469 e. The molecule has 0 unspecified atom stereocenters. The molecule has 21 heavy (non-hydrogen) atoms. The molecule has 2 rings (SSSR count). The maximum atomic E-state index is 12.2. The van der Waals surface area contributed by atoms with Gasteiger partial charge in [-0.15, -0.1) is 0 Å². The van der Waals surface area contributed by atoms with Crippen LogP contribution in [0.15, 0.2) is 29.2 Å². The number of hydrogen-bond acceptors (Lipinski definition) is 4. The molecule has 1 N–H and O–H groups in total. The zero-order chi connectivity index (χ0) is 15.5. The van der Waals surface area contributed by atoms with E-state index in [1.165, 1.54) is 19.2 Å². The number of rotatable bonds is 7. The number of nitrogens with one attached hydrogen (secondary N) is 1. The first-order valence-corrected chi connectivity index (χ1v) is 8.54. The summed E-state index contributed by atoms with van der Waals surface area (Å²) in [6, 6.07) is 6.31. The van der Waals surface area contributed by atoms with Crippen LogP contribution in [0.2, 0.25) is 0 Å². The molecule has 0 radical (unpaired) electrons. The summed E-state index contributed by atoms with van der Waals surface area (Å²) in [5.41, 5.74) is 0.894. The number of sulfonamides is 1. The fourth-order valence-corrected chi connectivity index (χ4v) is 3.35. The number of carbonyl (C=O) groups excluding carboxylic acids is 1. The van der Waals surface area contributed by atoms with E-state index in [0.717, 1.165) is 24.8 Å². The number of methoxy groups -OCH3 is 1. The predicted octanol–water partition coefficient (Wildman–Crippen LogP) is 1.87. The first kappa shape index (κ1) is 16.0. The molecule has 6 heteroatoms. The van der Waals surface area contributed by atoms with E-state index >= 15 is 0 Å². The highest BCUT2D eigenvalue weighted by molar-refractivity contribution is 7.89. The first-order chi connectivity index (χ1) is 9.91. The van der Waals surface area contributed by atoms with Gasteiger partial charge in [-0.3, -0.25) is 4.79 Å². The Kier molecular flexibility index (Phi) is 4.68. The summed E-state index contributed by atoms with van der Waals surface area (Å²) in [7, 11) is -2.15. The maximum Gasteiger partial charge on any atom is 0.309 e. The van der Waals surface area contributed by atoms with Crippen molar-refractivity contribution in [2.24, 2.45) is 5.41 Å². The molecule has 0 saturated heterocycles. The van der Waals surface area contributed by atoms with Crippen molar-refractivity contribution in [2.45, 2.75) is 37.5 Å². The second kappa shape index (κ2) is 6.15. The SMILES string of the molecule is CCC1(CNS(=O)(=O)c2ccc(CC(=O)OC)cc2)CC1. The average Bonchev–Trinajstić information content (AvgIpc) is 3.26. The van der Waals surface area contributed by atoms with E-state index in [2.05, 4.69) is 16.4 Å². The van der Waals surface area contributed by atoms with Crippen LogP contribution >= 0.6 is 0 Å². The van der Waals surface area contributed by atoms with Crippen LogP contribution in [0.3, 0.4) is 0 Å². The summed E-state index contributed by atoms with van der Waals surface area (Å²) in [6.07, 6.45) is 3.31. The molecule has 1 aliphatic carbocycles. The minimum absolute atomic E-state index is 0.142. The molecule has 0 amide bonds. The third-order valence-corrected chi connectivity index (χ3v) is 5.57. The molecule has 0 aliphatic heterocycles. The van der Waals surface area contributed by atoms with Crippen LogP contribution in [0.1, 0.15) is 31.7 Å². The van der Waals surface area contributed by atoms with Crippen molar-refractivity contribution >= 4 is 16.0 Å². The van der Waals surface area contributed by atoms with Crippen molar-refractivity contribution in [1.29, 1.82) is 0 Å². The van der Waals surface area contributed by atoms with Crippen LogP contribution in [0, 0.1) is 5.41 Å². The van der Waals surface area contributed by atoms with Gasteiger partial charge in [0.05, 0.1) is 18.4 Å². The highest BCUT2D eigenvalue weighted by Gasteiger charge is 2.41. The zero-order valence-corrected chi connectivity index (χ0v) is 13.2. The third-order valence-electron chi connectivity index (χ3n) is 4.15. The maximum absolute atomic E-state index is 12.2. The van der Waals surface area contributed by atoms with E-state index in [1.54, 1.807) is 12.1 Å². The highest BCUT2D eigenvalue weighted by atomic mass is 32.2. The second-order valence-electron chi connectivity index (χ2n) is 5.57. The Labute approximate surface area is 125 Å². The second-order valence-corrected chi connectivity index (χ2v) is 7.34. The van der Waals surface area contributed by atoms with Crippen LogP contribution in [0.5, 0.6) is 0 Å². The van der Waals surface area contributed by atoms with Gasteiger partial charge in [-0.1, -0.05) is 19.1 Å². The fourth-order valence-electron chi connectivity index (χ4n) is 2.19. The molecule has 1 aliphatic rings. The van der Waals surface area contributed by atoms with Crippen LogP contribution in [-0.4, -0.2) is 28.0 Å². The van der Waals surface area contributed by atoms with Crippen molar-refractivity contribution in [3.63, 3.8) is 0 Å². The van der Waals surface area contributed by atoms with Gasteiger partial charge in [0.15, 0.2) is 0 Å². The monoisotopic (exact) mass is 311 g/mol. The molecule has 1 saturated carbocycles. The summed E-state index contributed by atoms with van der Waals surface area (Å²) in [6.45, 7) is 2.58. The van der Waals surface area contributed by atoms with Gasteiger partial charge in [0.1, 0.15) is 0 Å². The molecule has 0 bridgehead atoms. The minimum Gasteiger partial charge on any atom is -0.469 e. The summed E-state index contributed by atoms with van der Waals surface area (Å²) >= 11 is 0. The van der Waals surface area contributed by atoms with Crippen molar-refractivity contribution in [2.75, 3.05) is 13.7 Å². The van der Waals surface area contributed by atoms with E-state index < -0.39 is 10.0 Å². The van der Waals surface area contributed by atoms with E-state index in [0.29, 0.717) is 6.54 Å². The van der Waals surface area contributed by atoms with Crippen LogP contribution < -0.4 is 4.72 Å². The van der Waals surface area contributed by atoms with Gasteiger partial charge >= 0.3 is 5.97 Å². The van der Waals surface area contributed by atoms with Crippen molar-refractivity contribution in [3.05, 3.63) is 29.8 Å². The Morgan fingerprint density at radius 1 is 1.29 bits per heavy atom. The summed E-state index contributed by atoms with van der Waals surface area (Å²) < 4.78 is 31.7. The van der Waals surface area contributed by atoms with E-state index in [9.17, 15) is 13.2 Å². The van der Waals surface area contributed by atoms with Crippen LogP contribution in [-0.2, 0) is 26.0 Å². The normalized spacial score (nSPS) is 16.5. The van der Waals surface area contributed by atoms with Gasteiger partial charge in [0, 0.05) is 6.54 Å². The zero-order valence-electron chi connectivity index (χ0n) is 12.4. The molecule has 0 heterocycles. The van der Waals surface area contributed by atoms with E-state index in [4.69, 9.17) is 0 Å². The van der Waals surface area contributed by atoms with Gasteiger partial charge in [-0.2, -0.15) is 0 Å². The van der Waals surface area contributed by atoms with Gasteiger partial charge in [0.2, 0.25) is 10.0 Å². The Morgan fingerprint density at radius 2 is 1.90 bits per heavy atom. The van der Waals surface area contributed by atoms with Crippen molar-refractivity contribution < 1.29 is 17.9 Å². The molecule has 0 spiro atoms. The van der Waals surface area contributed by atoms with E-state index in [-0.39, 0.29) is 22.7 Å². The number of hydrogen-bond donors (Lipinski definition) is 1. The van der Waals surface area contributed by atoms with Crippen LogP contribution in [0.25, 0.3) is 0 Å². The van der Waals surface area contributed by atoms with Gasteiger partial charge < -0.3 is 4.74 Å². The highest BCUT2D eigenvalue weighted by Crippen LogP contribution is 2.48. The Hall–Kier alpha value is -1.40. The molecular formula is C15H21NO4S.